The number of anilines is 2. The molecule has 0 atom stereocenters. The maximum Gasteiger partial charge on any atom is 0.355 e. The van der Waals surface area contributed by atoms with Gasteiger partial charge in [-0.3, -0.25) is 4.79 Å². The summed E-state index contributed by atoms with van der Waals surface area (Å²) in [6.07, 6.45) is 6.48. The van der Waals surface area contributed by atoms with Crippen LogP contribution in [-0.4, -0.2) is 38.7 Å². The molecule has 0 radical (unpaired) electrons. The zero-order valence-electron chi connectivity index (χ0n) is 16.9. The van der Waals surface area contributed by atoms with Gasteiger partial charge in [-0.2, -0.15) is 0 Å². The molecule has 152 valence electrons. The number of esters is 2. The van der Waals surface area contributed by atoms with Gasteiger partial charge in [0.15, 0.2) is 6.61 Å². The normalized spacial score (nSPS) is 15.3. The lowest BCUT2D eigenvalue weighted by Crippen LogP contribution is -2.30. The van der Waals surface area contributed by atoms with Gasteiger partial charge >= 0.3 is 11.9 Å². The molecule has 1 aromatic carbocycles. The quantitative estimate of drug-likeness (QED) is 0.782. The van der Waals surface area contributed by atoms with Crippen molar-refractivity contribution in [1.82, 2.24) is 0 Å². The predicted octanol–water partition coefficient (Wildman–Crippen LogP) is 2.43. The second-order valence-corrected chi connectivity index (χ2v) is 6.58. The molecule has 29 heavy (non-hydrogen) atoms. The SMILES string of the molecule is COC(=O)C1=C(C(=O)OC)N(c2c(C)c(C)c3c(c2C)NC(=O)CO3)C=CC=C1. The molecule has 0 saturated carbocycles. The van der Waals surface area contributed by atoms with E-state index in [1.54, 1.807) is 23.3 Å². The van der Waals surface area contributed by atoms with Gasteiger partial charge in [-0.15, -0.1) is 0 Å². The van der Waals surface area contributed by atoms with E-state index in [0.717, 1.165) is 11.1 Å². The number of benzene rings is 1. The summed E-state index contributed by atoms with van der Waals surface area (Å²) in [5.41, 5.74) is 3.57. The van der Waals surface area contributed by atoms with Gasteiger partial charge in [0, 0.05) is 11.8 Å². The van der Waals surface area contributed by atoms with Gasteiger partial charge in [0.25, 0.3) is 5.91 Å². The number of carbonyl (C=O) groups excluding carboxylic acids is 3. The minimum Gasteiger partial charge on any atom is -0.481 e. The molecular formula is C21H22N2O6. The number of methoxy groups -OCH3 is 2. The van der Waals surface area contributed by atoms with Crippen LogP contribution in [-0.2, 0) is 23.9 Å². The Balaban J connectivity index is 2.32. The highest BCUT2D eigenvalue weighted by Crippen LogP contribution is 2.44. The summed E-state index contributed by atoms with van der Waals surface area (Å²) in [7, 11) is 2.49. The summed E-state index contributed by atoms with van der Waals surface area (Å²) in [6, 6.07) is 0. The number of nitrogens with one attached hydrogen (secondary N) is 1. The highest BCUT2D eigenvalue weighted by Gasteiger charge is 2.32. The van der Waals surface area contributed by atoms with Crippen LogP contribution in [0.5, 0.6) is 5.75 Å². The van der Waals surface area contributed by atoms with E-state index in [2.05, 4.69) is 5.32 Å². The van der Waals surface area contributed by atoms with Gasteiger partial charge in [-0.1, -0.05) is 6.08 Å². The Bertz CT molecular complexity index is 1000. The van der Waals surface area contributed by atoms with Crippen molar-refractivity contribution in [3.05, 3.63) is 52.4 Å². The molecule has 0 aromatic heterocycles. The van der Waals surface area contributed by atoms with Gasteiger partial charge in [0.1, 0.15) is 11.4 Å². The molecule has 1 amide bonds. The predicted molar refractivity (Wildman–Crippen MR) is 107 cm³/mol. The molecule has 2 heterocycles. The lowest BCUT2D eigenvalue weighted by atomic mass is 9.97. The van der Waals surface area contributed by atoms with Gasteiger partial charge in [0.05, 0.1) is 31.2 Å². The Labute approximate surface area is 168 Å². The minimum atomic E-state index is -0.698. The zero-order chi connectivity index (χ0) is 21.3. The maximum absolute atomic E-state index is 12.7. The number of hydrogen-bond acceptors (Lipinski definition) is 7. The van der Waals surface area contributed by atoms with Crippen molar-refractivity contribution in [3.8, 4) is 5.75 Å². The first-order valence-corrected chi connectivity index (χ1v) is 8.93. The molecule has 8 nitrogen and oxygen atoms in total. The third-order valence-electron chi connectivity index (χ3n) is 4.96. The van der Waals surface area contributed by atoms with Crippen LogP contribution in [0.2, 0.25) is 0 Å². The maximum atomic E-state index is 12.7. The van der Waals surface area contributed by atoms with E-state index >= 15 is 0 Å². The molecule has 0 unspecified atom stereocenters. The molecule has 0 fully saturated rings. The Hall–Kier alpha value is -3.55. The van der Waals surface area contributed by atoms with E-state index in [4.69, 9.17) is 14.2 Å². The molecule has 0 aliphatic carbocycles. The third-order valence-corrected chi connectivity index (χ3v) is 4.96. The van der Waals surface area contributed by atoms with Crippen molar-refractivity contribution in [3.63, 3.8) is 0 Å². The summed E-state index contributed by atoms with van der Waals surface area (Å²) < 4.78 is 15.4. The van der Waals surface area contributed by atoms with Crippen LogP contribution in [0.1, 0.15) is 16.7 Å². The summed E-state index contributed by atoms with van der Waals surface area (Å²) >= 11 is 0. The van der Waals surface area contributed by atoms with E-state index in [9.17, 15) is 14.4 Å². The molecule has 8 heteroatoms. The van der Waals surface area contributed by atoms with E-state index in [1.807, 2.05) is 20.8 Å². The fourth-order valence-electron chi connectivity index (χ4n) is 3.45. The topological polar surface area (TPSA) is 94.2 Å². The van der Waals surface area contributed by atoms with Crippen molar-refractivity contribution in [2.75, 3.05) is 31.0 Å². The first-order valence-electron chi connectivity index (χ1n) is 8.93. The highest BCUT2D eigenvalue weighted by molar-refractivity contribution is 6.06. The first kappa shape index (κ1) is 20.2. The Kier molecular flexibility index (Phi) is 5.45. The van der Waals surface area contributed by atoms with E-state index in [1.165, 1.54) is 20.3 Å². The van der Waals surface area contributed by atoms with Crippen LogP contribution in [0.25, 0.3) is 0 Å². The van der Waals surface area contributed by atoms with Crippen LogP contribution < -0.4 is 15.0 Å². The highest BCUT2D eigenvalue weighted by atomic mass is 16.5. The van der Waals surface area contributed by atoms with E-state index < -0.39 is 11.9 Å². The van der Waals surface area contributed by atoms with Crippen molar-refractivity contribution in [1.29, 1.82) is 0 Å². The Morgan fingerprint density at radius 3 is 2.38 bits per heavy atom. The molecule has 0 bridgehead atoms. The van der Waals surface area contributed by atoms with Crippen molar-refractivity contribution in [2.45, 2.75) is 20.8 Å². The first-order chi connectivity index (χ1) is 13.8. The molecular weight excluding hydrogens is 376 g/mol. The van der Waals surface area contributed by atoms with E-state index in [-0.39, 0.29) is 23.8 Å². The molecule has 3 rings (SSSR count). The van der Waals surface area contributed by atoms with Crippen molar-refractivity contribution < 1.29 is 28.6 Å². The van der Waals surface area contributed by atoms with Crippen LogP contribution in [0.4, 0.5) is 11.4 Å². The number of rotatable bonds is 3. The van der Waals surface area contributed by atoms with Crippen LogP contribution in [0.3, 0.4) is 0 Å². The van der Waals surface area contributed by atoms with Crippen LogP contribution >= 0.6 is 0 Å². The van der Waals surface area contributed by atoms with Gasteiger partial charge in [-0.05, 0) is 44.1 Å². The number of ether oxygens (including phenoxy) is 3. The fourth-order valence-corrected chi connectivity index (χ4v) is 3.45. The minimum absolute atomic E-state index is 0.0120. The number of fused-ring (bicyclic) bond motifs is 1. The number of nitrogens with zero attached hydrogens (tertiary/aromatic N) is 1. The summed E-state index contributed by atoms with van der Waals surface area (Å²) in [5.74, 6) is -1.04. The fraction of sp³-hybridized carbons (Fsp3) is 0.286. The number of carbonyl (C=O) groups is 3. The molecule has 2 aliphatic heterocycles. The monoisotopic (exact) mass is 398 g/mol. The summed E-state index contributed by atoms with van der Waals surface area (Å²) in [4.78, 5) is 38.5. The Morgan fingerprint density at radius 1 is 1.03 bits per heavy atom. The second-order valence-electron chi connectivity index (χ2n) is 6.58. The number of allylic oxidation sites excluding steroid dienone is 2. The van der Waals surface area contributed by atoms with Crippen molar-refractivity contribution >= 4 is 29.2 Å². The molecule has 2 aliphatic rings. The molecule has 0 saturated heterocycles. The number of hydrogen-bond donors (Lipinski definition) is 1. The zero-order valence-corrected chi connectivity index (χ0v) is 16.9. The molecule has 1 aromatic rings. The van der Waals surface area contributed by atoms with E-state index in [0.29, 0.717) is 22.7 Å². The largest absolute Gasteiger partial charge is 0.481 e. The average Bonchev–Trinajstić information content (AvgIpc) is 2.94. The standard InChI is InChI=1S/C21H22N2O6/c1-11-12(2)19-16(22-15(24)10-29-19)13(3)17(11)23-9-7-6-8-14(20(25)27-4)18(23)21(26)28-5/h6-9H,10H2,1-5H3,(H,22,24). The van der Waals surface area contributed by atoms with Gasteiger partial charge in [-0.25, -0.2) is 9.59 Å². The molecule has 1 N–H and O–H groups in total. The lowest BCUT2D eigenvalue weighted by molar-refractivity contribution is -0.139. The number of amides is 1. The smallest absolute Gasteiger partial charge is 0.355 e. The van der Waals surface area contributed by atoms with Crippen molar-refractivity contribution in [2.24, 2.45) is 0 Å². The van der Waals surface area contributed by atoms with Crippen LogP contribution in [0, 0.1) is 20.8 Å². The van der Waals surface area contributed by atoms with Crippen LogP contribution in [0.15, 0.2) is 35.7 Å². The van der Waals surface area contributed by atoms with Gasteiger partial charge in [0.2, 0.25) is 0 Å². The Morgan fingerprint density at radius 2 is 1.72 bits per heavy atom. The summed E-state index contributed by atoms with van der Waals surface area (Å²) in [6.45, 7) is 5.52. The second kappa shape index (κ2) is 7.83. The molecule has 0 spiro atoms. The summed E-state index contributed by atoms with van der Waals surface area (Å²) in [5, 5.41) is 2.84. The lowest BCUT2D eigenvalue weighted by Gasteiger charge is -2.31. The average molecular weight is 398 g/mol. The third kappa shape index (κ3) is 3.37. The van der Waals surface area contributed by atoms with Gasteiger partial charge < -0.3 is 24.4 Å².